The molecule has 0 saturated carbocycles. The molecule has 1 heterocycles. The van der Waals surface area contributed by atoms with Crippen LogP contribution in [0.15, 0.2) is 42.5 Å². The third-order valence-corrected chi connectivity index (χ3v) is 6.11. The molecule has 29 heavy (non-hydrogen) atoms. The van der Waals surface area contributed by atoms with Gasteiger partial charge in [0.15, 0.2) is 11.5 Å². The summed E-state index contributed by atoms with van der Waals surface area (Å²) in [6, 6.07) is 14.0. The number of ether oxygens (including phenoxy) is 2. The molecule has 0 aliphatic rings. The predicted octanol–water partition coefficient (Wildman–Crippen LogP) is 3.67. The van der Waals surface area contributed by atoms with E-state index in [9.17, 15) is 4.79 Å². The molecule has 154 valence electrons. The lowest BCUT2D eigenvalue weighted by Crippen LogP contribution is -2.37. The highest BCUT2D eigenvalue weighted by molar-refractivity contribution is 7.18. The molecule has 0 fully saturated rings. The van der Waals surface area contributed by atoms with Crippen LogP contribution in [0.1, 0.15) is 23.5 Å². The minimum Gasteiger partial charge on any atom is -0.493 e. The molecule has 1 N–H and O–H groups in total. The van der Waals surface area contributed by atoms with Crippen LogP contribution < -0.4 is 14.8 Å². The Balaban J connectivity index is 1.49. The Hall–Kier alpha value is -2.64. The van der Waals surface area contributed by atoms with Gasteiger partial charge in [0.1, 0.15) is 5.01 Å². The quantitative estimate of drug-likeness (QED) is 0.580. The van der Waals surface area contributed by atoms with Gasteiger partial charge in [-0.25, -0.2) is 4.98 Å². The van der Waals surface area contributed by atoms with Crippen molar-refractivity contribution >= 4 is 27.5 Å². The molecule has 0 aliphatic heterocycles. The largest absolute Gasteiger partial charge is 0.493 e. The van der Waals surface area contributed by atoms with E-state index in [1.54, 1.807) is 25.6 Å². The highest BCUT2D eigenvalue weighted by Gasteiger charge is 2.18. The number of carbonyl (C=O) groups excluding carboxylic acids is 1. The number of para-hydroxylation sites is 1. The fourth-order valence-electron chi connectivity index (χ4n) is 3.06. The van der Waals surface area contributed by atoms with Gasteiger partial charge in [-0.05, 0) is 50.2 Å². The van der Waals surface area contributed by atoms with Crippen LogP contribution in [0.3, 0.4) is 0 Å². The number of aromatic nitrogens is 1. The standard InChI is InChI=1S/C22H27N3O3S/c1-15(22-24-17-7-5-6-8-20(17)29-22)25(2)14-21(26)23-12-11-16-9-10-18(27-3)19(13-16)28-4/h5-10,13,15H,11-12,14H2,1-4H3,(H,23,26)/t15-/m1/s1. The first-order valence-corrected chi connectivity index (χ1v) is 10.4. The van der Waals surface area contributed by atoms with Crippen LogP contribution in [0.5, 0.6) is 11.5 Å². The first-order chi connectivity index (χ1) is 14.0. The van der Waals surface area contributed by atoms with Crippen molar-refractivity contribution in [2.24, 2.45) is 0 Å². The normalized spacial score (nSPS) is 12.2. The molecule has 6 nitrogen and oxygen atoms in total. The van der Waals surface area contributed by atoms with E-state index in [2.05, 4.69) is 18.3 Å². The van der Waals surface area contributed by atoms with Crippen molar-refractivity contribution < 1.29 is 14.3 Å². The topological polar surface area (TPSA) is 63.7 Å². The van der Waals surface area contributed by atoms with E-state index >= 15 is 0 Å². The number of amides is 1. The van der Waals surface area contributed by atoms with Crippen LogP contribution in [-0.4, -0.2) is 50.1 Å². The lowest BCUT2D eigenvalue weighted by atomic mass is 10.1. The molecule has 0 aliphatic carbocycles. The van der Waals surface area contributed by atoms with Gasteiger partial charge in [0, 0.05) is 6.54 Å². The number of rotatable bonds is 9. The second-order valence-corrected chi connectivity index (χ2v) is 7.96. The van der Waals surface area contributed by atoms with Gasteiger partial charge in [0.25, 0.3) is 0 Å². The number of nitrogens with zero attached hydrogens (tertiary/aromatic N) is 2. The number of carbonyl (C=O) groups is 1. The van der Waals surface area contributed by atoms with Gasteiger partial charge >= 0.3 is 0 Å². The number of hydrogen-bond donors (Lipinski definition) is 1. The summed E-state index contributed by atoms with van der Waals surface area (Å²) in [5.74, 6) is 1.40. The van der Waals surface area contributed by atoms with E-state index in [1.165, 1.54) is 4.70 Å². The van der Waals surface area contributed by atoms with Crippen molar-refractivity contribution in [2.45, 2.75) is 19.4 Å². The van der Waals surface area contributed by atoms with Crippen molar-refractivity contribution in [2.75, 3.05) is 34.4 Å². The van der Waals surface area contributed by atoms with E-state index in [4.69, 9.17) is 14.5 Å². The molecule has 0 bridgehead atoms. The number of likely N-dealkylation sites (N-methyl/N-ethyl adjacent to an activating group) is 1. The maximum absolute atomic E-state index is 12.4. The van der Waals surface area contributed by atoms with Crippen LogP contribution in [0.4, 0.5) is 0 Å². The number of nitrogens with one attached hydrogen (secondary N) is 1. The summed E-state index contributed by atoms with van der Waals surface area (Å²) in [6.07, 6.45) is 0.725. The fourth-order valence-corrected chi connectivity index (χ4v) is 4.14. The Morgan fingerprint density at radius 2 is 1.93 bits per heavy atom. The highest BCUT2D eigenvalue weighted by atomic mass is 32.1. The Morgan fingerprint density at radius 3 is 2.66 bits per heavy atom. The van der Waals surface area contributed by atoms with Crippen molar-refractivity contribution in [3.8, 4) is 11.5 Å². The van der Waals surface area contributed by atoms with Crippen LogP contribution in [0.25, 0.3) is 10.2 Å². The Kier molecular flexibility index (Phi) is 7.06. The Bertz CT molecular complexity index is 940. The molecule has 0 spiro atoms. The number of methoxy groups -OCH3 is 2. The maximum Gasteiger partial charge on any atom is 0.234 e. The summed E-state index contributed by atoms with van der Waals surface area (Å²) in [7, 11) is 5.18. The number of hydrogen-bond acceptors (Lipinski definition) is 6. The average molecular weight is 414 g/mol. The number of thiazole rings is 1. The predicted molar refractivity (Wildman–Crippen MR) is 117 cm³/mol. The fraction of sp³-hybridized carbons (Fsp3) is 0.364. The van der Waals surface area contributed by atoms with Gasteiger partial charge in [-0.15, -0.1) is 11.3 Å². The molecular formula is C22H27N3O3S. The zero-order valence-electron chi connectivity index (χ0n) is 17.3. The summed E-state index contributed by atoms with van der Waals surface area (Å²) in [6.45, 7) is 2.97. The molecule has 0 unspecified atom stereocenters. The van der Waals surface area contributed by atoms with Gasteiger partial charge < -0.3 is 14.8 Å². The Morgan fingerprint density at radius 1 is 1.17 bits per heavy atom. The summed E-state index contributed by atoms with van der Waals surface area (Å²) in [4.78, 5) is 19.1. The summed E-state index contributed by atoms with van der Waals surface area (Å²) < 4.78 is 11.7. The van der Waals surface area contributed by atoms with Gasteiger partial charge in [0.05, 0.1) is 37.0 Å². The molecule has 3 rings (SSSR count). The molecule has 7 heteroatoms. The van der Waals surface area contributed by atoms with Crippen LogP contribution in [0, 0.1) is 0 Å². The summed E-state index contributed by atoms with van der Waals surface area (Å²) in [5.41, 5.74) is 2.09. The zero-order valence-corrected chi connectivity index (χ0v) is 18.1. The second-order valence-electron chi connectivity index (χ2n) is 6.90. The minimum absolute atomic E-state index is 0.000868. The monoisotopic (exact) mass is 413 g/mol. The smallest absolute Gasteiger partial charge is 0.234 e. The van der Waals surface area contributed by atoms with Gasteiger partial charge in [0.2, 0.25) is 5.91 Å². The maximum atomic E-state index is 12.4. The second kappa shape index (κ2) is 9.71. The molecular weight excluding hydrogens is 386 g/mol. The van der Waals surface area contributed by atoms with Crippen LogP contribution >= 0.6 is 11.3 Å². The van der Waals surface area contributed by atoms with Gasteiger partial charge in [-0.2, -0.15) is 0 Å². The number of fused-ring (bicyclic) bond motifs is 1. The minimum atomic E-state index is 0.000868. The highest BCUT2D eigenvalue weighted by Crippen LogP contribution is 2.29. The molecule has 0 saturated heterocycles. The zero-order chi connectivity index (χ0) is 20.8. The molecule has 1 atom stereocenters. The van der Waals surface area contributed by atoms with Crippen molar-refractivity contribution in [1.29, 1.82) is 0 Å². The average Bonchev–Trinajstić information content (AvgIpc) is 3.17. The van der Waals surface area contributed by atoms with E-state index < -0.39 is 0 Å². The first kappa shape index (κ1) is 21.1. The first-order valence-electron chi connectivity index (χ1n) is 9.55. The van der Waals surface area contributed by atoms with E-state index in [0.717, 1.165) is 22.5 Å². The van der Waals surface area contributed by atoms with E-state index in [-0.39, 0.29) is 11.9 Å². The summed E-state index contributed by atoms with van der Waals surface area (Å²) >= 11 is 1.68. The van der Waals surface area contributed by atoms with Gasteiger partial charge in [-0.3, -0.25) is 9.69 Å². The van der Waals surface area contributed by atoms with E-state index in [1.807, 2.05) is 48.3 Å². The molecule has 2 aromatic carbocycles. The van der Waals surface area contributed by atoms with Crippen molar-refractivity contribution in [3.05, 3.63) is 53.0 Å². The third kappa shape index (κ3) is 5.25. The molecule has 1 amide bonds. The lowest BCUT2D eigenvalue weighted by Gasteiger charge is -2.22. The lowest BCUT2D eigenvalue weighted by molar-refractivity contribution is -0.122. The molecule has 3 aromatic rings. The van der Waals surface area contributed by atoms with Gasteiger partial charge in [-0.1, -0.05) is 18.2 Å². The molecule has 0 radical (unpaired) electrons. The summed E-state index contributed by atoms with van der Waals surface area (Å²) in [5, 5.41) is 4.01. The van der Waals surface area contributed by atoms with Crippen LogP contribution in [0.2, 0.25) is 0 Å². The van der Waals surface area contributed by atoms with Crippen molar-refractivity contribution in [3.63, 3.8) is 0 Å². The van der Waals surface area contributed by atoms with Crippen LogP contribution in [-0.2, 0) is 11.2 Å². The number of benzene rings is 2. The molecule has 1 aromatic heterocycles. The third-order valence-electron chi connectivity index (χ3n) is 4.91. The Labute approximate surface area is 175 Å². The SMILES string of the molecule is COc1ccc(CCNC(=O)CN(C)[C@H](C)c2nc3ccccc3s2)cc1OC. The van der Waals surface area contributed by atoms with Crippen molar-refractivity contribution in [1.82, 2.24) is 15.2 Å². The van der Waals surface area contributed by atoms with E-state index in [0.29, 0.717) is 24.6 Å².